The first-order valence-corrected chi connectivity index (χ1v) is 5.51. The Bertz CT molecular complexity index is 450. The Balaban J connectivity index is 2.07. The van der Waals surface area contributed by atoms with Gasteiger partial charge in [-0.25, -0.2) is 4.98 Å². The van der Waals surface area contributed by atoms with Gasteiger partial charge in [-0.2, -0.15) is 5.26 Å². The number of likely N-dealkylation sites (tertiary alicyclic amines) is 1. The maximum atomic E-state index is 12.0. The van der Waals surface area contributed by atoms with Crippen LogP contribution in [0, 0.1) is 17.2 Å². The second-order valence-electron chi connectivity index (χ2n) is 4.13. The average Bonchev–Trinajstić information content (AvgIpc) is 2.87. The van der Waals surface area contributed by atoms with E-state index in [1.165, 1.54) is 6.20 Å². The zero-order valence-corrected chi connectivity index (χ0v) is 9.33. The van der Waals surface area contributed by atoms with Crippen LogP contribution >= 0.6 is 0 Å². The Morgan fingerprint density at radius 1 is 1.65 bits per heavy atom. The van der Waals surface area contributed by atoms with E-state index in [-0.39, 0.29) is 18.4 Å². The van der Waals surface area contributed by atoms with Crippen LogP contribution in [0.1, 0.15) is 22.5 Å². The molecule has 2 rings (SSSR count). The lowest BCUT2D eigenvalue weighted by atomic mass is 10.1. The summed E-state index contributed by atoms with van der Waals surface area (Å²) in [7, 11) is 0. The first-order chi connectivity index (χ1) is 8.24. The minimum absolute atomic E-state index is 0.116. The standard InChI is InChI=1S/C12H13N3O2/c13-5-9-1-2-11(14-6-9)12(17)15-4-3-10(7-15)8-16/h1-2,6,10,16H,3-4,7-8H2. The molecule has 5 nitrogen and oxygen atoms in total. The summed E-state index contributed by atoms with van der Waals surface area (Å²) in [5.41, 5.74) is 0.791. The number of nitrogens with zero attached hydrogens (tertiary/aromatic N) is 3. The van der Waals surface area contributed by atoms with Crippen molar-refractivity contribution in [1.29, 1.82) is 5.26 Å². The summed E-state index contributed by atoms with van der Waals surface area (Å²) >= 11 is 0. The smallest absolute Gasteiger partial charge is 0.272 e. The molecule has 17 heavy (non-hydrogen) atoms. The largest absolute Gasteiger partial charge is 0.396 e. The quantitative estimate of drug-likeness (QED) is 0.799. The summed E-state index contributed by atoms with van der Waals surface area (Å²) < 4.78 is 0. The number of rotatable bonds is 2. The Hall–Kier alpha value is -1.93. The molecule has 1 atom stereocenters. The van der Waals surface area contributed by atoms with Gasteiger partial charge in [-0.1, -0.05) is 0 Å². The zero-order chi connectivity index (χ0) is 12.3. The van der Waals surface area contributed by atoms with Crippen molar-refractivity contribution in [3.05, 3.63) is 29.6 Å². The van der Waals surface area contributed by atoms with E-state index in [0.717, 1.165) is 6.42 Å². The molecule has 1 fully saturated rings. The Morgan fingerprint density at radius 3 is 3.00 bits per heavy atom. The van der Waals surface area contributed by atoms with Gasteiger partial charge >= 0.3 is 0 Å². The molecule has 2 heterocycles. The van der Waals surface area contributed by atoms with Gasteiger partial charge in [0.1, 0.15) is 11.8 Å². The summed E-state index contributed by atoms with van der Waals surface area (Å²) in [5, 5.41) is 17.6. The minimum Gasteiger partial charge on any atom is -0.396 e. The molecule has 0 aliphatic carbocycles. The van der Waals surface area contributed by atoms with Crippen molar-refractivity contribution in [3.63, 3.8) is 0 Å². The van der Waals surface area contributed by atoms with Crippen molar-refractivity contribution in [2.24, 2.45) is 5.92 Å². The van der Waals surface area contributed by atoms with Crippen molar-refractivity contribution in [2.75, 3.05) is 19.7 Å². The normalized spacial score (nSPS) is 19.1. The predicted octanol–water partition coefficient (Wildman–Crippen LogP) is 0.408. The number of aromatic nitrogens is 1. The predicted molar refractivity (Wildman–Crippen MR) is 60.0 cm³/mol. The van der Waals surface area contributed by atoms with E-state index in [1.54, 1.807) is 17.0 Å². The minimum atomic E-state index is -0.134. The van der Waals surface area contributed by atoms with Crippen LogP contribution in [-0.2, 0) is 0 Å². The molecule has 1 aromatic rings. The number of aliphatic hydroxyl groups is 1. The molecule has 1 saturated heterocycles. The van der Waals surface area contributed by atoms with Gasteiger partial charge in [0.2, 0.25) is 0 Å². The number of carbonyl (C=O) groups excluding carboxylic acids is 1. The highest BCUT2D eigenvalue weighted by atomic mass is 16.3. The van der Waals surface area contributed by atoms with Crippen molar-refractivity contribution < 1.29 is 9.90 Å². The van der Waals surface area contributed by atoms with E-state index in [2.05, 4.69) is 4.98 Å². The third-order valence-electron chi connectivity index (χ3n) is 2.94. The van der Waals surface area contributed by atoms with Crippen LogP contribution in [0.4, 0.5) is 0 Å². The van der Waals surface area contributed by atoms with E-state index in [9.17, 15) is 4.79 Å². The highest BCUT2D eigenvalue weighted by Gasteiger charge is 2.26. The van der Waals surface area contributed by atoms with Crippen LogP contribution in [0.3, 0.4) is 0 Å². The van der Waals surface area contributed by atoms with E-state index >= 15 is 0 Å². The number of aliphatic hydroxyl groups excluding tert-OH is 1. The SMILES string of the molecule is N#Cc1ccc(C(=O)N2CCC(CO)C2)nc1. The molecule has 0 radical (unpaired) electrons. The number of hydrogen-bond donors (Lipinski definition) is 1. The van der Waals surface area contributed by atoms with Gasteiger partial charge in [0.05, 0.1) is 5.56 Å². The number of carbonyl (C=O) groups is 1. The third-order valence-corrected chi connectivity index (χ3v) is 2.94. The number of amides is 1. The number of pyridine rings is 1. The average molecular weight is 231 g/mol. The van der Waals surface area contributed by atoms with Crippen molar-refractivity contribution >= 4 is 5.91 Å². The van der Waals surface area contributed by atoms with Crippen LogP contribution in [-0.4, -0.2) is 40.6 Å². The molecular weight excluding hydrogens is 218 g/mol. The van der Waals surface area contributed by atoms with Gasteiger partial charge in [0, 0.05) is 31.8 Å². The molecule has 1 N–H and O–H groups in total. The van der Waals surface area contributed by atoms with E-state index in [0.29, 0.717) is 24.3 Å². The summed E-state index contributed by atoms with van der Waals surface area (Å²) in [5.74, 6) is 0.0442. The molecule has 0 spiro atoms. The van der Waals surface area contributed by atoms with Crippen LogP contribution in [0.25, 0.3) is 0 Å². The summed E-state index contributed by atoms with van der Waals surface area (Å²) in [4.78, 5) is 17.7. The van der Waals surface area contributed by atoms with Crippen molar-refractivity contribution in [3.8, 4) is 6.07 Å². The van der Waals surface area contributed by atoms with Crippen molar-refractivity contribution in [2.45, 2.75) is 6.42 Å². The van der Waals surface area contributed by atoms with Gasteiger partial charge in [0.25, 0.3) is 5.91 Å². The first-order valence-electron chi connectivity index (χ1n) is 5.51. The van der Waals surface area contributed by atoms with Gasteiger partial charge in [-0.05, 0) is 18.6 Å². The van der Waals surface area contributed by atoms with Gasteiger partial charge in [-0.15, -0.1) is 0 Å². The lowest BCUT2D eigenvalue weighted by molar-refractivity contribution is 0.0776. The van der Waals surface area contributed by atoms with E-state index in [1.807, 2.05) is 6.07 Å². The molecular formula is C12H13N3O2. The molecule has 1 aromatic heterocycles. The molecule has 1 aliphatic rings. The molecule has 1 aliphatic heterocycles. The molecule has 0 bridgehead atoms. The highest BCUT2D eigenvalue weighted by molar-refractivity contribution is 5.92. The maximum Gasteiger partial charge on any atom is 0.272 e. The van der Waals surface area contributed by atoms with E-state index in [4.69, 9.17) is 10.4 Å². The highest BCUT2D eigenvalue weighted by Crippen LogP contribution is 2.17. The molecule has 0 aromatic carbocycles. The Labute approximate surface area is 99.3 Å². The summed E-state index contributed by atoms with van der Waals surface area (Å²) in [6.45, 7) is 1.35. The monoisotopic (exact) mass is 231 g/mol. The number of hydrogen-bond acceptors (Lipinski definition) is 4. The number of nitriles is 1. The Morgan fingerprint density at radius 2 is 2.47 bits per heavy atom. The molecule has 0 saturated carbocycles. The lowest BCUT2D eigenvalue weighted by Crippen LogP contribution is -2.29. The molecule has 88 valence electrons. The van der Waals surface area contributed by atoms with Gasteiger partial charge in [0.15, 0.2) is 0 Å². The topological polar surface area (TPSA) is 77.2 Å². The summed E-state index contributed by atoms with van der Waals surface area (Å²) in [6.07, 6.45) is 2.23. The van der Waals surface area contributed by atoms with Gasteiger partial charge in [-0.3, -0.25) is 4.79 Å². The fourth-order valence-electron chi connectivity index (χ4n) is 1.91. The summed E-state index contributed by atoms with van der Waals surface area (Å²) in [6, 6.07) is 5.10. The van der Waals surface area contributed by atoms with E-state index < -0.39 is 0 Å². The lowest BCUT2D eigenvalue weighted by Gasteiger charge is -2.15. The van der Waals surface area contributed by atoms with Crippen LogP contribution in [0.15, 0.2) is 18.3 Å². The zero-order valence-electron chi connectivity index (χ0n) is 9.33. The first kappa shape index (κ1) is 11.6. The van der Waals surface area contributed by atoms with Crippen LogP contribution in [0.5, 0.6) is 0 Å². The maximum absolute atomic E-state index is 12.0. The van der Waals surface area contributed by atoms with Crippen LogP contribution < -0.4 is 0 Å². The molecule has 1 amide bonds. The second-order valence-corrected chi connectivity index (χ2v) is 4.13. The second kappa shape index (κ2) is 4.93. The third kappa shape index (κ3) is 2.43. The van der Waals surface area contributed by atoms with Crippen LogP contribution in [0.2, 0.25) is 0 Å². The fraction of sp³-hybridized carbons (Fsp3) is 0.417. The Kier molecular flexibility index (Phi) is 3.35. The molecule has 5 heteroatoms. The fourth-order valence-corrected chi connectivity index (χ4v) is 1.91. The molecule has 1 unspecified atom stereocenters. The van der Waals surface area contributed by atoms with Crippen molar-refractivity contribution in [1.82, 2.24) is 9.88 Å². The van der Waals surface area contributed by atoms with Gasteiger partial charge < -0.3 is 10.0 Å².